The Morgan fingerprint density at radius 1 is 0.393 bits per heavy atom. The molecule has 0 fully saturated rings. The first kappa shape index (κ1) is 32.8. The number of aromatic nitrogens is 1. The lowest BCUT2D eigenvalue weighted by Gasteiger charge is -2.30. The zero-order valence-electron chi connectivity index (χ0n) is 32.2. The van der Waals surface area contributed by atoms with Crippen molar-refractivity contribution in [2.75, 3.05) is 4.90 Å². The van der Waals surface area contributed by atoms with E-state index in [2.05, 4.69) is 219 Å². The first-order valence-electron chi connectivity index (χ1n) is 19.8. The molecule has 1 aromatic heterocycles. The van der Waals surface area contributed by atoms with E-state index in [1.807, 2.05) is 0 Å². The monoisotopic (exact) mass is 718 g/mol. The smallest absolute Gasteiger partial charge is 0.0543 e. The normalized spacial score (nSPS) is 14.4. The Morgan fingerprint density at radius 2 is 0.982 bits per heavy atom. The van der Waals surface area contributed by atoms with Gasteiger partial charge in [-0.05, 0) is 111 Å². The summed E-state index contributed by atoms with van der Waals surface area (Å²) in [5.41, 5.74) is 20.2. The Kier molecular flexibility index (Phi) is 6.98. The summed E-state index contributed by atoms with van der Waals surface area (Å²) in [4.78, 5) is 2.50. The van der Waals surface area contributed by atoms with Crippen molar-refractivity contribution >= 4 is 38.9 Å². The largest absolute Gasteiger partial charge is 0.310 e. The van der Waals surface area contributed by atoms with E-state index in [1.54, 1.807) is 0 Å². The van der Waals surface area contributed by atoms with E-state index in [0.29, 0.717) is 0 Å². The van der Waals surface area contributed by atoms with Crippen LogP contribution in [0, 0.1) is 0 Å². The van der Waals surface area contributed by atoms with E-state index < -0.39 is 0 Å². The van der Waals surface area contributed by atoms with Crippen molar-refractivity contribution in [1.82, 2.24) is 4.57 Å². The molecular formula is C54H42N2. The lowest BCUT2D eigenvalue weighted by Crippen LogP contribution is -2.17. The maximum absolute atomic E-state index is 2.50. The van der Waals surface area contributed by atoms with Crippen LogP contribution in [-0.4, -0.2) is 4.57 Å². The first-order chi connectivity index (χ1) is 27.3. The van der Waals surface area contributed by atoms with Gasteiger partial charge in [0, 0.05) is 44.2 Å². The molecule has 2 nitrogen and oxygen atoms in total. The van der Waals surface area contributed by atoms with Crippen LogP contribution >= 0.6 is 0 Å². The molecule has 1 heterocycles. The molecule has 9 aromatic rings. The molecule has 0 atom stereocenters. The van der Waals surface area contributed by atoms with Crippen LogP contribution in [0.4, 0.5) is 17.1 Å². The highest BCUT2D eigenvalue weighted by Gasteiger charge is 2.39. The first-order valence-corrected chi connectivity index (χ1v) is 19.8. The van der Waals surface area contributed by atoms with E-state index in [0.717, 1.165) is 5.69 Å². The number of rotatable bonds is 5. The van der Waals surface area contributed by atoms with Crippen molar-refractivity contribution in [3.8, 4) is 39.1 Å². The molecule has 268 valence electrons. The van der Waals surface area contributed by atoms with Crippen LogP contribution < -0.4 is 4.90 Å². The molecule has 0 radical (unpaired) electrons. The molecule has 0 aliphatic heterocycles. The minimum atomic E-state index is -0.104. The molecule has 0 amide bonds. The number of hydrogen-bond acceptors (Lipinski definition) is 1. The molecule has 2 aliphatic rings. The lowest BCUT2D eigenvalue weighted by molar-refractivity contribution is 0.660. The molecule has 0 spiro atoms. The van der Waals surface area contributed by atoms with Crippen LogP contribution in [0.15, 0.2) is 182 Å². The Bertz CT molecular complexity index is 3020. The van der Waals surface area contributed by atoms with E-state index in [9.17, 15) is 0 Å². The van der Waals surface area contributed by atoms with Gasteiger partial charge in [0.2, 0.25) is 0 Å². The summed E-state index contributed by atoms with van der Waals surface area (Å²) < 4.78 is 2.38. The zero-order chi connectivity index (χ0) is 37.8. The standard InChI is InChI=1S/C54H42N2/c1-53(2)46-21-12-9-19-43(46)52-47(53)22-14-24-51(52)55(39-30-31-41-40-17-8-11-20-45(40)54(3,4)48(41)34-39)38-28-25-35(26-29-38)36-27-32-50-44(33-36)42-18-10-13-23-49(42)56(50)37-15-6-5-7-16-37/h5-34H,1-4H3. The molecule has 0 unspecified atom stereocenters. The summed E-state index contributed by atoms with van der Waals surface area (Å²) in [5, 5.41) is 2.52. The van der Waals surface area contributed by atoms with Crippen LogP contribution in [0.5, 0.6) is 0 Å². The van der Waals surface area contributed by atoms with E-state index >= 15 is 0 Å². The van der Waals surface area contributed by atoms with Gasteiger partial charge in [-0.1, -0.05) is 149 Å². The third kappa shape index (κ3) is 4.62. The van der Waals surface area contributed by atoms with Crippen molar-refractivity contribution in [3.05, 3.63) is 204 Å². The highest BCUT2D eigenvalue weighted by Crippen LogP contribution is 2.55. The summed E-state index contributed by atoms with van der Waals surface area (Å²) >= 11 is 0. The molecule has 0 N–H and O–H groups in total. The Morgan fingerprint density at radius 3 is 1.79 bits per heavy atom. The molecule has 2 aliphatic carbocycles. The maximum atomic E-state index is 2.50. The minimum absolute atomic E-state index is 0.0959. The van der Waals surface area contributed by atoms with Crippen molar-refractivity contribution in [3.63, 3.8) is 0 Å². The molecular weight excluding hydrogens is 677 g/mol. The summed E-state index contributed by atoms with van der Waals surface area (Å²) in [6.07, 6.45) is 0. The van der Waals surface area contributed by atoms with Crippen LogP contribution in [0.3, 0.4) is 0 Å². The lowest BCUT2D eigenvalue weighted by atomic mass is 9.82. The SMILES string of the molecule is CC1(C)c2ccccc2-c2ccc(N(c3ccc(-c4ccc5c(c4)c4ccccc4n5-c4ccccc4)cc3)c3cccc4c3-c3ccccc3C4(C)C)cc21. The second-order valence-corrected chi connectivity index (χ2v) is 16.6. The van der Waals surface area contributed by atoms with Gasteiger partial charge < -0.3 is 9.47 Å². The van der Waals surface area contributed by atoms with E-state index in [1.165, 1.54) is 94.5 Å². The highest BCUT2D eigenvalue weighted by atomic mass is 15.1. The Labute approximate surface area is 328 Å². The average Bonchev–Trinajstić information content (AvgIpc) is 3.78. The van der Waals surface area contributed by atoms with Gasteiger partial charge in [0.25, 0.3) is 0 Å². The fraction of sp³-hybridized carbons (Fsp3) is 0.111. The van der Waals surface area contributed by atoms with Crippen LogP contribution in [-0.2, 0) is 10.8 Å². The van der Waals surface area contributed by atoms with E-state index in [4.69, 9.17) is 0 Å². The summed E-state index contributed by atoms with van der Waals surface area (Å²) in [6, 6.07) is 67.5. The highest BCUT2D eigenvalue weighted by molar-refractivity contribution is 6.10. The number of benzene rings is 8. The maximum Gasteiger partial charge on any atom is 0.0543 e. The number of hydrogen-bond donors (Lipinski definition) is 0. The molecule has 11 rings (SSSR count). The third-order valence-corrected chi connectivity index (χ3v) is 12.8. The van der Waals surface area contributed by atoms with Crippen molar-refractivity contribution in [2.24, 2.45) is 0 Å². The zero-order valence-corrected chi connectivity index (χ0v) is 32.2. The van der Waals surface area contributed by atoms with Gasteiger partial charge in [-0.25, -0.2) is 0 Å². The summed E-state index contributed by atoms with van der Waals surface area (Å²) in [5.74, 6) is 0. The van der Waals surface area contributed by atoms with Gasteiger partial charge in [-0.2, -0.15) is 0 Å². The molecule has 2 heteroatoms. The predicted molar refractivity (Wildman–Crippen MR) is 236 cm³/mol. The van der Waals surface area contributed by atoms with Crippen LogP contribution in [0.1, 0.15) is 49.9 Å². The van der Waals surface area contributed by atoms with E-state index in [-0.39, 0.29) is 10.8 Å². The molecule has 8 aromatic carbocycles. The molecule has 0 bridgehead atoms. The molecule has 0 saturated carbocycles. The predicted octanol–water partition coefficient (Wildman–Crippen LogP) is 14.5. The molecule has 56 heavy (non-hydrogen) atoms. The van der Waals surface area contributed by atoms with Crippen LogP contribution in [0.2, 0.25) is 0 Å². The average molecular weight is 719 g/mol. The Balaban J connectivity index is 1.07. The number of anilines is 3. The molecule has 0 saturated heterocycles. The van der Waals surface area contributed by atoms with Gasteiger partial charge in [0.1, 0.15) is 0 Å². The second-order valence-electron chi connectivity index (χ2n) is 16.6. The van der Waals surface area contributed by atoms with Gasteiger partial charge in [-0.3, -0.25) is 0 Å². The van der Waals surface area contributed by atoms with Crippen molar-refractivity contribution in [1.29, 1.82) is 0 Å². The van der Waals surface area contributed by atoms with Crippen molar-refractivity contribution < 1.29 is 0 Å². The van der Waals surface area contributed by atoms with Gasteiger partial charge in [0.05, 0.1) is 16.7 Å². The fourth-order valence-corrected chi connectivity index (χ4v) is 9.99. The van der Waals surface area contributed by atoms with Crippen molar-refractivity contribution in [2.45, 2.75) is 38.5 Å². The third-order valence-electron chi connectivity index (χ3n) is 12.8. The van der Waals surface area contributed by atoms with Crippen LogP contribution in [0.25, 0.3) is 60.9 Å². The van der Waals surface area contributed by atoms with Gasteiger partial charge in [-0.15, -0.1) is 0 Å². The topological polar surface area (TPSA) is 8.17 Å². The number of nitrogens with zero attached hydrogens (tertiary/aromatic N) is 2. The summed E-state index contributed by atoms with van der Waals surface area (Å²) in [7, 11) is 0. The summed E-state index contributed by atoms with van der Waals surface area (Å²) in [6.45, 7) is 9.47. The minimum Gasteiger partial charge on any atom is -0.310 e. The second kappa shape index (κ2) is 11.9. The quantitative estimate of drug-likeness (QED) is 0.172. The number of para-hydroxylation sites is 2. The van der Waals surface area contributed by atoms with Gasteiger partial charge in [0.15, 0.2) is 0 Å². The fourth-order valence-electron chi connectivity index (χ4n) is 9.99. The Hall–Kier alpha value is -6.64. The number of fused-ring (bicyclic) bond motifs is 9. The van der Waals surface area contributed by atoms with Gasteiger partial charge >= 0.3 is 0 Å².